The Hall–Kier alpha value is -1.89. The van der Waals surface area contributed by atoms with Gasteiger partial charge in [0.25, 0.3) is 0 Å². The van der Waals surface area contributed by atoms with Gasteiger partial charge in [0.15, 0.2) is 0 Å². The number of anilines is 2. The highest BCUT2D eigenvalue weighted by atomic mass is 32.1. The van der Waals surface area contributed by atoms with Crippen molar-refractivity contribution in [3.63, 3.8) is 0 Å². The number of nitrogens with zero attached hydrogens (tertiary/aromatic N) is 2. The van der Waals surface area contributed by atoms with Crippen LogP contribution in [0.15, 0.2) is 11.4 Å². The van der Waals surface area contributed by atoms with Crippen molar-refractivity contribution in [1.82, 2.24) is 15.3 Å². The monoisotopic (exact) mass is 307 g/mol. The summed E-state index contributed by atoms with van der Waals surface area (Å²) in [5.41, 5.74) is 0. The molecule has 0 aliphatic heterocycles. The minimum Gasteiger partial charge on any atom is -0.358 e. The van der Waals surface area contributed by atoms with Gasteiger partial charge in [-0.2, -0.15) is 4.98 Å². The molecule has 2 aromatic rings. The third-order valence-electron chi connectivity index (χ3n) is 2.96. The van der Waals surface area contributed by atoms with Gasteiger partial charge in [0.2, 0.25) is 11.9 Å². The predicted molar refractivity (Wildman–Crippen MR) is 88.0 cm³/mol. The van der Waals surface area contributed by atoms with Crippen LogP contribution in [-0.4, -0.2) is 35.0 Å². The fraction of sp³-hybridized carbons (Fsp3) is 0.500. The molecule has 2 rings (SSSR count). The maximum Gasteiger partial charge on any atom is 0.242 e. The van der Waals surface area contributed by atoms with Gasteiger partial charge < -0.3 is 16.0 Å². The first-order valence-corrected chi connectivity index (χ1v) is 8.07. The molecule has 2 heterocycles. The molecule has 0 aliphatic rings. The minimum atomic E-state index is -0.345. The molecular formula is C14H21N5OS. The van der Waals surface area contributed by atoms with Crippen molar-refractivity contribution in [2.24, 2.45) is 0 Å². The molecule has 0 aliphatic carbocycles. The predicted octanol–water partition coefficient (Wildman–Crippen LogP) is 2.45. The van der Waals surface area contributed by atoms with Gasteiger partial charge in [0, 0.05) is 13.1 Å². The Morgan fingerprint density at radius 3 is 2.90 bits per heavy atom. The largest absolute Gasteiger partial charge is 0.358 e. The number of carbonyl (C=O) groups is 1. The van der Waals surface area contributed by atoms with E-state index in [4.69, 9.17) is 0 Å². The van der Waals surface area contributed by atoms with E-state index in [9.17, 15) is 4.79 Å². The van der Waals surface area contributed by atoms with Crippen LogP contribution in [0.2, 0.25) is 0 Å². The number of rotatable bonds is 7. The standard InChI is InChI=1S/C14H21N5OS/c1-4-7-16-14-18-11(10-6-8-21-13(10)19-14)17-9(3)12(20)15-5-2/h6,8-9H,4-5,7H2,1-3H3,(H,15,20)(H2,16,17,18,19). The molecule has 114 valence electrons. The molecule has 0 aromatic carbocycles. The number of hydrogen-bond acceptors (Lipinski definition) is 6. The lowest BCUT2D eigenvalue weighted by atomic mass is 10.3. The Kier molecular flexibility index (Phi) is 5.32. The molecule has 0 spiro atoms. The molecule has 1 atom stereocenters. The van der Waals surface area contributed by atoms with E-state index in [1.165, 1.54) is 0 Å². The SMILES string of the molecule is CCCNc1nc(NC(C)C(=O)NCC)c2ccsc2n1. The number of fused-ring (bicyclic) bond motifs is 1. The van der Waals surface area contributed by atoms with Crippen LogP contribution in [0.1, 0.15) is 27.2 Å². The van der Waals surface area contributed by atoms with E-state index >= 15 is 0 Å². The fourth-order valence-electron chi connectivity index (χ4n) is 1.88. The van der Waals surface area contributed by atoms with Crippen molar-refractivity contribution in [1.29, 1.82) is 0 Å². The van der Waals surface area contributed by atoms with E-state index in [2.05, 4.69) is 32.8 Å². The summed E-state index contributed by atoms with van der Waals surface area (Å²) in [4.78, 5) is 21.7. The van der Waals surface area contributed by atoms with Crippen LogP contribution in [0.5, 0.6) is 0 Å². The third kappa shape index (κ3) is 3.81. The lowest BCUT2D eigenvalue weighted by Gasteiger charge is -2.15. The molecule has 0 saturated carbocycles. The second-order valence-electron chi connectivity index (χ2n) is 4.72. The van der Waals surface area contributed by atoms with E-state index in [-0.39, 0.29) is 11.9 Å². The third-order valence-corrected chi connectivity index (χ3v) is 3.76. The van der Waals surface area contributed by atoms with Crippen molar-refractivity contribution in [3.05, 3.63) is 11.4 Å². The lowest BCUT2D eigenvalue weighted by molar-refractivity contribution is -0.121. The van der Waals surface area contributed by atoms with E-state index in [0.717, 1.165) is 23.2 Å². The fourth-order valence-corrected chi connectivity index (χ4v) is 2.64. The molecule has 7 heteroatoms. The summed E-state index contributed by atoms with van der Waals surface area (Å²) in [5, 5.41) is 12.1. The Morgan fingerprint density at radius 1 is 1.38 bits per heavy atom. The van der Waals surface area contributed by atoms with Crippen LogP contribution in [0.3, 0.4) is 0 Å². The highest BCUT2D eigenvalue weighted by Gasteiger charge is 2.15. The van der Waals surface area contributed by atoms with E-state index in [1.54, 1.807) is 11.3 Å². The number of nitrogens with one attached hydrogen (secondary N) is 3. The molecule has 2 aromatic heterocycles. The topological polar surface area (TPSA) is 78.9 Å². The first-order chi connectivity index (χ1) is 10.2. The van der Waals surface area contributed by atoms with Crippen LogP contribution in [0.25, 0.3) is 10.2 Å². The summed E-state index contributed by atoms with van der Waals surface area (Å²) >= 11 is 1.56. The van der Waals surface area contributed by atoms with E-state index < -0.39 is 0 Å². The minimum absolute atomic E-state index is 0.0393. The van der Waals surface area contributed by atoms with Gasteiger partial charge in [-0.15, -0.1) is 11.3 Å². The average Bonchev–Trinajstić information content (AvgIpc) is 2.93. The molecule has 21 heavy (non-hydrogen) atoms. The Labute approximate surface area is 128 Å². The summed E-state index contributed by atoms with van der Waals surface area (Å²) in [6.07, 6.45) is 1.00. The van der Waals surface area contributed by atoms with Crippen molar-refractivity contribution < 1.29 is 4.79 Å². The van der Waals surface area contributed by atoms with Gasteiger partial charge in [0.05, 0.1) is 5.39 Å². The summed E-state index contributed by atoms with van der Waals surface area (Å²) in [6.45, 7) is 7.25. The highest BCUT2D eigenvalue weighted by molar-refractivity contribution is 7.16. The number of hydrogen-bond donors (Lipinski definition) is 3. The van der Waals surface area contributed by atoms with Gasteiger partial charge in [-0.25, -0.2) is 4.98 Å². The zero-order chi connectivity index (χ0) is 15.2. The molecular weight excluding hydrogens is 286 g/mol. The molecule has 6 nitrogen and oxygen atoms in total. The van der Waals surface area contributed by atoms with Gasteiger partial charge in [-0.1, -0.05) is 6.92 Å². The number of aromatic nitrogens is 2. The summed E-state index contributed by atoms with van der Waals surface area (Å²) in [7, 11) is 0. The molecule has 0 saturated heterocycles. The van der Waals surface area contributed by atoms with Crippen molar-refractivity contribution in [2.75, 3.05) is 23.7 Å². The summed E-state index contributed by atoms with van der Waals surface area (Å²) in [5.74, 6) is 1.25. The number of carbonyl (C=O) groups excluding carboxylic acids is 1. The van der Waals surface area contributed by atoms with E-state index in [1.807, 2.05) is 25.3 Å². The average molecular weight is 307 g/mol. The molecule has 0 radical (unpaired) electrons. The Balaban J connectivity index is 2.24. The molecule has 1 unspecified atom stereocenters. The normalized spacial score (nSPS) is 12.1. The Bertz CT molecular complexity index is 612. The van der Waals surface area contributed by atoms with Gasteiger partial charge in [0.1, 0.15) is 16.7 Å². The van der Waals surface area contributed by atoms with Crippen LogP contribution >= 0.6 is 11.3 Å². The zero-order valence-electron chi connectivity index (χ0n) is 12.6. The van der Waals surface area contributed by atoms with E-state index in [0.29, 0.717) is 18.3 Å². The maximum absolute atomic E-state index is 11.8. The van der Waals surface area contributed by atoms with Gasteiger partial charge >= 0.3 is 0 Å². The van der Waals surface area contributed by atoms with Crippen molar-refractivity contribution in [2.45, 2.75) is 33.2 Å². The number of likely N-dealkylation sites (N-methyl/N-ethyl adjacent to an activating group) is 1. The molecule has 3 N–H and O–H groups in total. The van der Waals surface area contributed by atoms with Crippen LogP contribution in [0, 0.1) is 0 Å². The van der Waals surface area contributed by atoms with Crippen LogP contribution in [-0.2, 0) is 4.79 Å². The van der Waals surface area contributed by atoms with Gasteiger partial charge in [-0.05, 0) is 31.7 Å². The molecule has 0 fully saturated rings. The number of thiophene rings is 1. The summed E-state index contributed by atoms with van der Waals surface area (Å²) < 4.78 is 0. The lowest BCUT2D eigenvalue weighted by Crippen LogP contribution is -2.37. The molecule has 0 bridgehead atoms. The maximum atomic E-state index is 11.8. The quantitative estimate of drug-likeness (QED) is 0.732. The smallest absolute Gasteiger partial charge is 0.242 e. The first-order valence-electron chi connectivity index (χ1n) is 7.19. The van der Waals surface area contributed by atoms with Crippen molar-refractivity contribution in [3.8, 4) is 0 Å². The van der Waals surface area contributed by atoms with Crippen molar-refractivity contribution >= 4 is 39.2 Å². The second kappa shape index (κ2) is 7.21. The molecule has 1 amide bonds. The summed E-state index contributed by atoms with van der Waals surface area (Å²) in [6, 6.07) is 1.62. The van der Waals surface area contributed by atoms with Crippen LogP contribution in [0.4, 0.5) is 11.8 Å². The Morgan fingerprint density at radius 2 is 2.19 bits per heavy atom. The number of amides is 1. The van der Waals surface area contributed by atoms with Crippen LogP contribution < -0.4 is 16.0 Å². The second-order valence-corrected chi connectivity index (χ2v) is 5.62. The first kappa shape index (κ1) is 15.5. The highest BCUT2D eigenvalue weighted by Crippen LogP contribution is 2.26. The van der Waals surface area contributed by atoms with Gasteiger partial charge in [-0.3, -0.25) is 4.79 Å². The zero-order valence-corrected chi connectivity index (χ0v) is 13.4.